The lowest BCUT2D eigenvalue weighted by atomic mass is 10.1. The molecule has 2 aromatic heterocycles. The molecule has 0 radical (unpaired) electrons. The third-order valence-electron chi connectivity index (χ3n) is 2.65. The van der Waals surface area contributed by atoms with E-state index in [2.05, 4.69) is 20.1 Å². The Morgan fingerprint density at radius 2 is 2.00 bits per heavy atom. The van der Waals surface area contributed by atoms with Crippen LogP contribution in [0.4, 0.5) is 0 Å². The molecule has 0 bridgehead atoms. The minimum atomic E-state index is -0.0972. The van der Waals surface area contributed by atoms with Gasteiger partial charge in [0, 0.05) is 18.4 Å². The molecule has 2 unspecified atom stereocenters. The predicted molar refractivity (Wildman–Crippen MR) is 56.9 cm³/mol. The Balaban J connectivity index is 1.88. The molecule has 88 valence electrons. The summed E-state index contributed by atoms with van der Waals surface area (Å²) >= 11 is 0. The molecule has 7 heteroatoms. The Bertz CT molecular complexity index is 500. The van der Waals surface area contributed by atoms with Crippen molar-refractivity contribution in [2.24, 2.45) is 5.73 Å². The number of aromatic nitrogens is 4. The number of hydrogen-bond donors (Lipinski definition) is 1. The van der Waals surface area contributed by atoms with Crippen molar-refractivity contribution in [2.75, 3.05) is 13.2 Å². The van der Waals surface area contributed by atoms with Crippen LogP contribution < -0.4 is 5.73 Å². The van der Waals surface area contributed by atoms with Crippen LogP contribution in [0.5, 0.6) is 0 Å². The summed E-state index contributed by atoms with van der Waals surface area (Å²) < 4.78 is 10.4. The van der Waals surface area contributed by atoms with E-state index in [1.165, 1.54) is 0 Å². The molecular formula is C10H11N5O2. The van der Waals surface area contributed by atoms with E-state index in [1.54, 1.807) is 18.5 Å². The standard InChI is InChI=1S/C10H11N5O2/c11-7-5-16-4-6(7)10-14-9(15-17-10)8-12-2-1-3-13-8/h1-3,6-7H,4-5,11H2. The normalized spacial score (nSPS) is 24.1. The summed E-state index contributed by atoms with van der Waals surface area (Å²) in [7, 11) is 0. The second kappa shape index (κ2) is 4.19. The first-order valence-electron chi connectivity index (χ1n) is 5.29. The van der Waals surface area contributed by atoms with E-state index < -0.39 is 0 Å². The molecule has 1 aliphatic heterocycles. The number of nitrogens with two attached hydrogens (primary N) is 1. The van der Waals surface area contributed by atoms with Crippen molar-refractivity contribution in [1.29, 1.82) is 0 Å². The Morgan fingerprint density at radius 1 is 1.18 bits per heavy atom. The molecule has 3 heterocycles. The Labute approximate surface area is 97.0 Å². The molecule has 1 saturated heterocycles. The quantitative estimate of drug-likeness (QED) is 0.777. The van der Waals surface area contributed by atoms with Crippen molar-refractivity contribution in [3.8, 4) is 11.6 Å². The van der Waals surface area contributed by atoms with Crippen LogP contribution in [0.25, 0.3) is 11.6 Å². The van der Waals surface area contributed by atoms with Gasteiger partial charge in [-0.1, -0.05) is 5.16 Å². The Kier molecular flexibility index (Phi) is 2.54. The summed E-state index contributed by atoms with van der Waals surface area (Å²) in [6.07, 6.45) is 3.26. The van der Waals surface area contributed by atoms with Crippen molar-refractivity contribution < 1.29 is 9.26 Å². The van der Waals surface area contributed by atoms with Crippen LogP contribution in [0.3, 0.4) is 0 Å². The maximum Gasteiger partial charge on any atom is 0.240 e. The van der Waals surface area contributed by atoms with Crippen molar-refractivity contribution in [1.82, 2.24) is 20.1 Å². The third kappa shape index (κ3) is 1.90. The van der Waals surface area contributed by atoms with E-state index in [9.17, 15) is 0 Å². The highest BCUT2D eigenvalue weighted by Gasteiger charge is 2.31. The fourth-order valence-electron chi connectivity index (χ4n) is 1.72. The van der Waals surface area contributed by atoms with E-state index in [4.69, 9.17) is 15.0 Å². The molecule has 1 fully saturated rings. The van der Waals surface area contributed by atoms with Crippen LogP contribution in [0, 0.1) is 0 Å². The number of nitrogens with zero attached hydrogens (tertiary/aromatic N) is 4. The number of rotatable bonds is 2. The highest BCUT2D eigenvalue weighted by Crippen LogP contribution is 2.24. The second-order valence-electron chi connectivity index (χ2n) is 3.84. The van der Waals surface area contributed by atoms with Crippen molar-refractivity contribution in [3.05, 3.63) is 24.4 Å². The second-order valence-corrected chi connectivity index (χ2v) is 3.84. The molecule has 2 atom stereocenters. The van der Waals surface area contributed by atoms with Gasteiger partial charge in [0.2, 0.25) is 17.5 Å². The summed E-state index contributed by atoms with van der Waals surface area (Å²) in [5.41, 5.74) is 5.87. The maximum absolute atomic E-state index is 5.87. The molecule has 17 heavy (non-hydrogen) atoms. The van der Waals surface area contributed by atoms with Crippen LogP contribution in [-0.2, 0) is 4.74 Å². The summed E-state index contributed by atoms with van der Waals surface area (Å²) in [6.45, 7) is 1.03. The average molecular weight is 233 g/mol. The van der Waals surface area contributed by atoms with Gasteiger partial charge >= 0.3 is 0 Å². The van der Waals surface area contributed by atoms with E-state index in [1.807, 2.05) is 0 Å². The van der Waals surface area contributed by atoms with Gasteiger partial charge in [-0.3, -0.25) is 0 Å². The summed E-state index contributed by atoms with van der Waals surface area (Å²) in [4.78, 5) is 12.3. The first-order chi connectivity index (χ1) is 8.34. The maximum atomic E-state index is 5.87. The average Bonchev–Trinajstić information content (AvgIpc) is 2.98. The summed E-state index contributed by atoms with van der Waals surface area (Å²) in [6, 6.07) is 1.63. The van der Waals surface area contributed by atoms with Crippen molar-refractivity contribution in [3.63, 3.8) is 0 Å². The van der Waals surface area contributed by atoms with E-state index >= 15 is 0 Å². The molecular weight excluding hydrogens is 222 g/mol. The first-order valence-corrected chi connectivity index (χ1v) is 5.29. The Hall–Kier alpha value is -1.86. The molecule has 0 aromatic carbocycles. The zero-order chi connectivity index (χ0) is 11.7. The minimum absolute atomic E-state index is 0.0417. The zero-order valence-corrected chi connectivity index (χ0v) is 8.98. The summed E-state index contributed by atoms with van der Waals surface area (Å²) in [5.74, 6) is 1.26. The van der Waals surface area contributed by atoms with Gasteiger partial charge in [-0.2, -0.15) is 4.98 Å². The monoisotopic (exact) mass is 233 g/mol. The van der Waals surface area contributed by atoms with Gasteiger partial charge in [-0.25, -0.2) is 9.97 Å². The van der Waals surface area contributed by atoms with Crippen LogP contribution in [-0.4, -0.2) is 39.4 Å². The zero-order valence-electron chi connectivity index (χ0n) is 8.98. The van der Waals surface area contributed by atoms with E-state index in [-0.39, 0.29) is 12.0 Å². The van der Waals surface area contributed by atoms with Gasteiger partial charge in [0.25, 0.3) is 0 Å². The SMILES string of the molecule is NC1COCC1c1nc(-c2ncccn2)no1. The van der Waals surface area contributed by atoms with Gasteiger partial charge in [0.15, 0.2) is 0 Å². The van der Waals surface area contributed by atoms with Gasteiger partial charge in [-0.15, -0.1) is 0 Å². The third-order valence-corrected chi connectivity index (χ3v) is 2.65. The van der Waals surface area contributed by atoms with Crippen LogP contribution in [0.15, 0.2) is 23.0 Å². The number of ether oxygens (including phenoxy) is 1. The van der Waals surface area contributed by atoms with Gasteiger partial charge < -0.3 is 15.0 Å². The van der Waals surface area contributed by atoms with E-state index in [0.717, 1.165) is 0 Å². The largest absolute Gasteiger partial charge is 0.379 e. The van der Waals surface area contributed by atoms with Crippen LogP contribution in [0.1, 0.15) is 11.8 Å². The number of hydrogen-bond acceptors (Lipinski definition) is 7. The predicted octanol–water partition coefficient (Wildman–Crippen LogP) is -0.0323. The molecule has 2 aromatic rings. The summed E-state index contributed by atoms with van der Waals surface area (Å²) in [5, 5.41) is 3.84. The lowest BCUT2D eigenvalue weighted by Gasteiger charge is -2.05. The first kappa shape index (κ1) is 10.3. The molecule has 3 rings (SSSR count). The van der Waals surface area contributed by atoms with Gasteiger partial charge in [0.1, 0.15) is 0 Å². The molecule has 0 saturated carbocycles. The highest BCUT2D eigenvalue weighted by molar-refractivity contribution is 5.40. The van der Waals surface area contributed by atoms with Crippen LogP contribution >= 0.6 is 0 Å². The molecule has 7 nitrogen and oxygen atoms in total. The fourth-order valence-corrected chi connectivity index (χ4v) is 1.72. The lowest BCUT2D eigenvalue weighted by Crippen LogP contribution is -2.27. The molecule has 0 spiro atoms. The van der Waals surface area contributed by atoms with E-state index in [0.29, 0.717) is 30.8 Å². The minimum Gasteiger partial charge on any atom is -0.379 e. The van der Waals surface area contributed by atoms with Gasteiger partial charge in [-0.05, 0) is 6.07 Å². The fraction of sp³-hybridized carbons (Fsp3) is 0.400. The molecule has 2 N–H and O–H groups in total. The highest BCUT2D eigenvalue weighted by atomic mass is 16.5. The van der Waals surface area contributed by atoms with Crippen molar-refractivity contribution >= 4 is 0 Å². The molecule has 1 aliphatic rings. The topological polar surface area (TPSA) is 100.0 Å². The lowest BCUT2D eigenvalue weighted by molar-refractivity contribution is 0.187. The molecule has 0 aliphatic carbocycles. The van der Waals surface area contributed by atoms with Gasteiger partial charge in [0.05, 0.1) is 19.1 Å². The smallest absolute Gasteiger partial charge is 0.240 e. The van der Waals surface area contributed by atoms with Crippen molar-refractivity contribution in [2.45, 2.75) is 12.0 Å². The van der Waals surface area contributed by atoms with Crippen LogP contribution in [0.2, 0.25) is 0 Å². The Morgan fingerprint density at radius 3 is 2.71 bits per heavy atom. The molecule has 0 amide bonds.